The van der Waals surface area contributed by atoms with Crippen LogP contribution in [0.2, 0.25) is 0 Å². The van der Waals surface area contributed by atoms with Crippen LogP contribution in [0.15, 0.2) is 46.6 Å². The molecule has 3 rings (SSSR count). The summed E-state index contributed by atoms with van der Waals surface area (Å²) in [5.41, 5.74) is 2.01. The minimum Gasteiger partial charge on any atom is -0.493 e. The number of carbonyl (C=O) groups is 2. The zero-order valence-corrected chi connectivity index (χ0v) is 19.0. The third-order valence-corrected chi connectivity index (χ3v) is 5.47. The number of carbonyl (C=O) groups excluding carboxylic acids is 2. The fourth-order valence-electron chi connectivity index (χ4n) is 2.72. The van der Waals surface area contributed by atoms with Crippen molar-refractivity contribution >= 4 is 56.5 Å². The van der Waals surface area contributed by atoms with Crippen molar-refractivity contribution in [3.8, 4) is 11.5 Å². The number of amides is 3. The SMILES string of the molecule is CCN1C(=O)N/C(=C/c2cc(I)c(OCc3ccc(Br)cc3)c(OC)c2)C1=O. The van der Waals surface area contributed by atoms with E-state index in [1.165, 1.54) is 0 Å². The van der Waals surface area contributed by atoms with Crippen LogP contribution < -0.4 is 14.8 Å². The van der Waals surface area contributed by atoms with Gasteiger partial charge in [-0.1, -0.05) is 28.1 Å². The van der Waals surface area contributed by atoms with Crippen molar-refractivity contribution in [1.29, 1.82) is 0 Å². The molecule has 146 valence electrons. The summed E-state index contributed by atoms with van der Waals surface area (Å²) in [6.07, 6.45) is 1.64. The lowest BCUT2D eigenvalue weighted by molar-refractivity contribution is -0.122. The number of nitrogens with zero attached hydrogens (tertiary/aromatic N) is 1. The molecule has 3 amide bonds. The highest BCUT2D eigenvalue weighted by Crippen LogP contribution is 2.35. The van der Waals surface area contributed by atoms with Crippen LogP contribution in [0.1, 0.15) is 18.1 Å². The molecule has 6 nitrogen and oxygen atoms in total. The first-order valence-electron chi connectivity index (χ1n) is 8.52. The number of halogens is 2. The first kappa shape index (κ1) is 20.7. The topological polar surface area (TPSA) is 67.9 Å². The number of hydrogen-bond donors (Lipinski definition) is 1. The van der Waals surface area contributed by atoms with Crippen molar-refractivity contribution in [1.82, 2.24) is 10.2 Å². The number of imide groups is 1. The molecule has 28 heavy (non-hydrogen) atoms. The number of rotatable bonds is 6. The highest BCUT2D eigenvalue weighted by molar-refractivity contribution is 14.1. The largest absolute Gasteiger partial charge is 0.493 e. The quantitative estimate of drug-likeness (QED) is 0.322. The van der Waals surface area contributed by atoms with Gasteiger partial charge < -0.3 is 14.8 Å². The van der Waals surface area contributed by atoms with Gasteiger partial charge in [0.25, 0.3) is 5.91 Å². The minimum absolute atomic E-state index is 0.244. The summed E-state index contributed by atoms with van der Waals surface area (Å²) in [7, 11) is 1.57. The molecule has 0 radical (unpaired) electrons. The Morgan fingerprint density at radius 3 is 2.54 bits per heavy atom. The maximum atomic E-state index is 12.3. The molecular formula is C20H18BrIN2O4. The van der Waals surface area contributed by atoms with Gasteiger partial charge in [0, 0.05) is 11.0 Å². The van der Waals surface area contributed by atoms with Crippen LogP contribution in [-0.2, 0) is 11.4 Å². The van der Waals surface area contributed by atoms with Gasteiger partial charge in [0.15, 0.2) is 11.5 Å². The Hall–Kier alpha value is -2.07. The lowest BCUT2D eigenvalue weighted by Gasteiger charge is -2.14. The van der Waals surface area contributed by atoms with Crippen molar-refractivity contribution in [2.24, 2.45) is 0 Å². The normalized spacial score (nSPS) is 15.1. The van der Waals surface area contributed by atoms with E-state index < -0.39 is 6.03 Å². The second kappa shape index (κ2) is 8.95. The van der Waals surface area contributed by atoms with Gasteiger partial charge in [-0.05, 0) is 71.0 Å². The maximum absolute atomic E-state index is 12.3. The Balaban J connectivity index is 1.83. The predicted molar refractivity (Wildman–Crippen MR) is 118 cm³/mol. The van der Waals surface area contributed by atoms with Gasteiger partial charge in [-0.3, -0.25) is 9.69 Å². The molecule has 1 aliphatic heterocycles. The summed E-state index contributed by atoms with van der Waals surface area (Å²) >= 11 is 5.58. The van der Waals surface area contributed by atoms with Crippen LogP contribution >= 0.6 is 38.5 Å². The minimum atomic E-state index is -0.408. The molecule has 1 aliphatic rings. The number of hydrogen-bond acceptors (Lipinski definition) is 4. The maximum Gasteiger partial charge on any atom is 0.328 e. The van der Waals surface area contributed by atoms with Crippen molar-refractivity contribution in [3.63, 3.8) is 0 Å². The number of urea groups is 1. The third kappa shape index (κ3) is 4.49. The first-order valence-corrected chi connectivity index (χ1v) is 10.4. The average molecular weight is 557 g/mol. The van der Waals surface area contributed by atoms with E-state index in [2.05, 4.69) is 43.8 Å². The molecule has 0 aromatic heterocycles. The van der Waals surface area contributed by atoms with Gasteiger partial charge in [0.2, 0.25) is 0 Å². The Labute approximate surface area is 185 Å². The van der Waals surface area contributed by atoms with Crippen molar-refractivity contribution in [2.45, 2.75) is 13.5 Å². The Morgan fingerprint density at radius 2 is 1.93 bits per heavy atom. The summed E-state index contributed by atoms with van der Waals surface area (Å²) in [5, 5.41) is 2.60. The standard InChI is InChI=1S/C20H18BrIN2O4/c1-3-24-19(25)16(23-20(24)26)9-13-8-15(22)18(17(10-13)27-2)28-11-12-4-6-14(21)7-5-12/h4-10H,3,11H2,1-2H3,(H,23,26)/b16-9+. The van der Waals surface area contributed by atoms with Crippen LogP contribution in [0.5, 0.6) is 11.5 Å². The van der Waals surface area contributed by atoms with Crippen molar-refractivity contribution < 1.29 is 19.1 Å². The van der Waals surface area contributed by atoms with Crippen LogP contribution in [0, 0.1) is 3.57 Å². The molecule has 2 aromatic carbocycles. The van der Waals surface area contributed by atoms with E-state index in [0.717, 1.165) is 24.1 Å². The molecule has 2 aromatic rings. The Kier molecular flexibility index (Phi) is 6.61. The molecule has 1 heterocycles. The van der Waals surface area contributed by atoms with Gasteiger partial charge >= 0.3 is 6.03 Å². The smallest absolute Gasteiger partial charge is 0.328 e. The average Bonchev–Trinajstić information content (AvgIpc) is 2.94. The molecule has 0 saturated carbocycles. The fourth-order valence-corrected chi connectivity index (χ4v) is 3.77. The van der Waals surface area contributed by atoms with E-state index in [9.17, 15) is 9.59 Å². The molecule has 1 fully saturated rings. The fraction of sp³-hybridized carbons (Fsp3) is 0.200. The lowest BCUT2D eigenvalue weighted by Crippen LogP contribution is -2.30. The second-order valence-electron chi connectivity index (χ2n) is 5.99. The number of likely N-dealkylation sites (N-methyl/N-ethyl adjacent to an activating group) is 1. The monoisotopic (exact) mass is 556 g/mol. The van der Waals surface area contributed by atoms with Crippen molar-refractivity contribution in [2.75, 3.05) is 13.7 Å². The molecule has 0 bridgehead atoms. The zero-order chi connectivity index (χ0) is 20.3. The van der Waals surface area contributed by atoms with Gasteiger partial charge in [-0.25, -0.2) is 4.79 Å². The molecule has 0 unspecified atom stereocenters. The van der Waals surface area contributed by atoms with E-state index in [-0.39, 0.29) is 11.6 Å². The third-order valence-electron chi connectivity index (χ3n) is 4.14. The molecular weight excluding hydrogens is 539 g/mol. The van der Waals surface area contributed by atoms with E-state index in [4.69, 9.17) is 9.47 Å². The highest BCUT2D eigenvalue weighted by Gasteiger charge is 2.32. The van der Waals surface area contributed by atoms with Crippen molar-refractivity contribution in [3.05, 3.63) is 61.3 Å². The molecule has 8 heteroatoms. The van der Waals surface area contributed by atoms with Gasteiger partial charge in [-0.2, -0.15) is 0 Å². The molecule has 0 aliphatic carbocycles. The van der Waals surface area contributed by atoms with Crippen LogP contribution in [0.3, 0.4) is 0 Å². The molecule has 0 spiro atoms. The number of methoxy groups -OCH3 is 1. The zero-order valence-electron chi connectivity index (χ0n) is 15.3. The Bertz CT molecular complexity index is 944. The van der Waals surface area contributed by atoms with E-state index in [1.54, 1.807) is 26.2 Å². The summed E-state index contributed by atoms with van der Waals surface area (Å²) in [6, 6.07) is 11.1. The van der Waals surface area contributed by atoms with Crippen LogP contribution in [0.25, 0.3) is 6.08 Å². The number of ether oxygens (including phenoxy) is 2. The summed E-state index contributed by atoms with van der Waals surface area (Å²) in [4.78, 5) is 25.2. The van der Waals surface area contributed by atoms with E-state index in [1.807, 2.05) is 30.3 Å². The van der Waals surface area contributed by atoms with Crippen LogP contribution in [-0.4, -0.2) is 30.5 Å². The summed E-state index contributed by atoms with van der Waals surface area (Å²) < 4.78 is 13.3. The van der Waals surface area contributed by atoms with Gasteiger partial charge in [-0.15, -0.1) is 0 Å². The predicted octanol–water partition coefficient (Wildman–Crippen LogP) is 4.55. The molecule has 1 saturated heterocycles. The number of benzene rings is 2. The first-order chi connectivity index (χ1) is 13.4. The van der Waals surface area contributed by atoms with E-state index in [0.29, 0.717) is 24.7 Å². The molecule has 0 atom stereocenters. The van der Waals surface area contributed by atoms with Gasteiger partial charge in [0.1, 0.15) is 12.3 Å². The van der Waals surface area contributed by atoms with Crippen LogP contribution in [0.4, 0.5) is 4.79 Å². The lowest BCUT2D eigenvalue weighted by atomic mass is 10.1. The summed E-state index contributed by atoms with van der Waals surface area (Å²) in [5.74, 6) is 0.849. The second-order valence-corrected chi connectivity index (χ2v) is 8.06. The number of nitrogens with one attached hydrogen (secondary N) is 1. The molecule has 1 N–H and O–H groups in total. The Morgan fingerprint density at radius 1 is 1.21 bits per heavy atom. The highest BCUT2D eigenvalue weighted by atomic mass is 127. The van der Waals surface area contributed by atoms with E-state index >= 15 is 0 Å². The van der Waals surface area contributed by atoms with Gasteiger partial charge in [0.05, 0.1) is 10.7 Å². The summed E-state index contributed by atoms with van der Waals surface area (Å²) in [6.45, 7) is 2.48.